The Kier molecular flexibility index (Phi) is 6.08. The van der Waals surface area contributed by atoms with Crippen molar-refractivity contribution in [3.63, 3.8) is 0 Å². The fraction of sp³-hybridized carbons (Fsp3) is 0.667. The lowest BCUT2D eigenvalue weighted by atomic mass is 10.1. The Morgan fingerprint density at radius 3 is 2.64 bits per heavy atom. The summed E-state index contributed by atoms with van der Waals surface area (Å²) in [6.07, 6.45) is -5.36. The Hall–Kier alpha value is -1.64. The quantitative estimate of drug-likeness (QED) is 0.245. The van der Waals surface area contributed by atoms with Crippen molar-refractivity contribution in [2.24, 2.45) is 0 Å². The highest BCUT2D eigenvalue weighted by Crippen LogP contribution is 2.30. The van der Waals surface area contributed by atoms with E-state index in [1.165, 1.54) is 0 Å². The van der Waals surface area contributed by atoms with Crippen LogP contribution in [0.2, 0.25) is 0 Å². The van der Waals surface area contributed by atoms with Crippen molar-refractivity contribution in [1.29, 1.82) is 0 Å². The molecule has 0 aromatic carbocycles. The number of nitrogens with one attached hydrogen (secondary N) is 2. The second-order valence-electron chi connectivity index (χ2n) is 5.47. The van der Waals surface area contributed by atoms with Crippen molar-refractivity contribution in [2.45, 2.75) is 31.2 Å². The van der Waals surface area contributed by atoms with E-state index in [4.69, 9.17) is 14.4 Å². The SMILES string of the molecule is O=c1[nH]c(=O)n([C@@H]2O[C@H](CO)C(O)[C@@H]2F)cc1CNCCS(=O)(=O)O. The summed E-state index contributed by atoms with van der Waals surface area (Å²) in [7, 11) is -4.16. The van der Waals surface area contributed by atoms with Crippen molar-refractivity contribution in [1.82, 2.24) is 14.9 Å². The summed E-state index contributed by atoms with van der Waals surface area (Å²) >= 11 is 0. The molecule has 1 aliphatic rings. The molecule has 0 radical (unpaired) electrons. The van der Waals surface area contributed by atoms with Gasteiger partial charge in [0.25, 0.3) is 15.7 Å². The maximum absolute atomic E-state index is 14.1. The van der Waals surface area contributed by atoms with Crippen LogP contribution in [0.5, 0.6) is 0 Å². The van der Waals surface area contributed by atoms with Gasteiger partial charge < -0.3 is 20.3 Å². The largest absolute Gasteiger partial charge is 0.394 e. The molecule has 1 saturated heterocycles. The standard InChI is InChI=1S/C12H18FN3O8S/c13-8-9(18)7(5-17)24-11(8)16-4-6(10(19)15-12(16)20)3-14-1-2-25(21,22)23/h4,7-9,11,14,17-18H,1-3,5H2,(H,15,19,20)(H,21,22,23)/t7-,8+,9?,11-/m1/s1. The van der Waals surface area contributed by atoms with Gasteiger partial charge in [0.1, 0.15) is 12.2 Å². The van der Waals surface area contributed by atoms with E-state index in [2.05, 4.69) is 5.32 Å². The van der Waals surface area contributed by atoms with Crippen molar-refractivity contribution < 1.29 is 32.3 Å². The van der Waals surface area contributed by atoms with Crippen LogP contribution in [-0.2, 0) is 21.4 Å². The molecule has 2 heterocycles. The molecule has 4 atom stereocenters. The highest BCUT2D eigenvalue weighted by atomic mass is 32.2. The molecule has 13 heteroatoms. The van der Waals surface area contributed by atoms with Crippen LogP contribution in [0, 0.1) is 0 Å². The number of aromatic amines is 1. The molecule has 11 nitrogen and oxygen atoms in total. The lowest BCUT2D eigenvalue weighted by Gasteiger charge is -2.16. The number of hydrogen-bond acceptors (Lipinski definition) is 8. The van der Waals surface area contributed by atoms with Gasteiger partial charge in [-0.1, -0.05) is 0 Å². The zero-order valence-electron chi connectivity index (χ0n) is 12.8. The minimum Gasteiger partial charge on any atom is -0.394 e. The highest BCUT2D eigenvalue weighted by molar-refractivity contribution is 7.85. The van der Waals surface area contributed by atoms with E-state index in [1.807, 2.05) is 4.98 Å². The maximum atomic E-state index is 14.1. The summed E-state index contributed by atoms with van der Waals surface area (Å²) in [5.74, 6) is -0.576. The monoisotopic (exact) mass is 383 g/mol. The molecule has 0 spiro atoms. The second-order valence-corrected chi connectivity index (χ2v) is 7.04. The number of hydrogen-bond donors (Lipinski definition) is 5. The molecule has 2 rings (SSSR count). The molecule has 142 valence electrons. The number of aliphatic hydroxyl groups is 2. The van der Waals surface area contributed by atoms with Gasteiger partial charge in [-0.15, -0.1) is 0 Å². The van der Waals surface area contributed by atoms with E-state index >= 15 is 0 Å². The second kappa shape index (κ2) is 7.72. The van der Waals surface area contributed by atoms with Gasteiger partial charge >= 0.3 is 5.69 Å². The van der Waals surface area contributed by atoms with Crippen LogP contribution >= 0.6 is 0 Å². The zero-order valence-corrected chi connectivity index (χ0v) is 13.6. The van der Waals surface area contributed by atoms with E-state index < -0.39 is 58.3 Å². The van der Waals surface area contributed by atoms with Gasteiger partial charge in [0, 0.05) is 24.8 Å². The summed E-state index contributed by atoms with van der Waals surface area (Å²) in [5.41, 5.74) is -1.76. The van der Waals surface area contributed by atoms with Gasteiger partial charge in [-0.25, -0.2) is 9.18 Å². The average Bonchev–Trinajstić information content (AvgIpc) is 2.80. The summed E-state index contributed by atoms with van der Waals surface area (Å²) in [5, 5.41) is 21.2. The van der Waals surface area contributed by atoms with Crippen molar-refractivity contribution in [3.05, 3.63) is 32.6 Å². The third kappa shape index (κ3) is 4.71. The van der Waals surface area contributed by atoms with Crippen LogP contribution in [-0.4, -0.2) is 70.0 Å². The Labute approximate surface area is 140 Å². The number of rotatable bonds is 7. The first-order valence-corrected chi connectivity index (χ1v) is 8.83. The molecule has 1 aromatic heterocycles. The first-order chi connectivity index (χ1) is 11.6. The molecule has 0 saturated carbocycles. The summed E-state index contributed by atoms with van der Waals surface area (Å²) in [6.45, 7) is -0.977. The van der Waals surface area contributed by atoms with E-state index in [0.717, 1.165) is 10.8 Å². The highest BCUT2D eigenvalue weighted by Gasteiger charge is 2.45. The van der Waals surface area contributed by atoms with Crippen LogP contribution in [0.15, 0.2) is 15.8 Å². The average molecular weight is 383 g/mol. The van der Waals surface area contributed by atoms with Gasteiger partial charge in [0.2, 0.25) is 0 Å². The molecule has 1 fully saturated rings. The predicted molar refractivity (Wildman–Crippen MR) is 81.3 cm³/mol. The van der Waals surface area contributed by atoms with Crippen LogP contribution in [0.4, 0.5) is 4.39 Å². The summed E-state index contributed by atoms with van der Waals surface area (Å²) < 4.78 is 49.8. The minimum absolute atomic E-state index is 0.0207. The smallest absolute Gasteiger partial charge is 0.330 e. The molecule has 1 aromatic rings. The number of H-pyrrole nitrogens is 1. The van der Waals surface area contributed by atoms with Gasteiger partial charge in [-0.05, 0) is 0 Å². The van der Waals surface area contributed by atoms with Gasteiger partial charge in [-0.2, -0.15) is 8.42 Å². The van der Waals surface area contributed by atoms with Gasteiger partial charge in [0.05, 0.1) is 12.4 Å². The number of halogens is 1. The lowest BCUT2D eigenvalue weighted by Crippen LogP contribution is -2.38. The third-order valence-electron chi connectivity index (χ3n) is 3.64. The first kappa shape index (κ1) is 19.7. The van der Waals surface area contributed by atoms with Gasteiger partial charge in [0.15, 0.2) is 12.4 Å². The normalized spacial score (nSPS) is 26.9. The Morgan fingerprint density at radius 1 is 1.40 bits per heavy atom. The summed E-state index contributed by atoms with van der Waals surface area (Å²) in [4.78, 5) is 25.6. The van der Waals surface area contributed by atoms with Crippen LogP contribution in [0.1, 0.15) is 11.8 Å². The summed E-state index contributed by atoms with van der Waals surface area (Å²) in [6, 6.07) is 0. The molecular weight excluding hydrogens is 365 g/mol. The lowest BCUT2D eigenvalue weighted by molar-refractivity contribution is -0.0492. The fourth-order valence-corrected chi connectivity index (χ4v) is 2.75. The minimum atomic E-state index is -4.16. The maximum Gasteiger partial charge on any atom is 0.330 e. The van der Waals surface area contributed by atoms with Crippen molar-refractivity contribution in [3.8, 4) is 0 Å². The number of nitrogens with zero attached hydrogens (tertiary/aromatic N) is 1. The number of alkyl halides is 1. The molecule has 0 bridgehead atoms. The Morgan fingerprint density at radius 2 is 2.08 bits per heavy atom. The first-order valence-electron chi connectivity index (χ1n) is 7.22. The predicted octanol–water partition coefficient (Wildman–Crippen LogP) is -2.90. The van der Waals surface area contributed by atoms with Crippen LogP contribution in [0.25, 0.3) is 0 Å². The zero-order chi connectivity index (χ0) is 18.8. The van der Waals surface area contributed by atoms with E-state index in [-0.39, 0.29) is 18.7 Å². The molecule has 0 aliphatic carbocycles. The topological polar surface area (TPSA) is 171 Å². The van der Waals surface area contributed by atoms with E-state index in [0.29, 0.717) is 0 Å². The third-order valence-corrected chi connectivity index (χ3v) is 4.36. The molecule has 25 heavy (non-hydrogen) atoms. The fourth-order valence-electron chi connectivity index (χ4n) is 2.34. The Balaban J connectivity index is 2.18. The van der Waals surface area contributed by atoms with Crippen molar-refractivity contribution >= 4 is 10.1 Å². The van der Waals surface area contributed by atoms with Crippen LogP contribution in [0.3, 0.4) is 0 Å². The number of ether oxygens (including phenoxy) is 1. The molecule has 0 amide bonds. The number of aromatic nitrogens is 2. The number of aliphatic hydroxyl groups excluding tert-OH is 2. The molecule has 5 N–H and O–H groups in total. The molecular formula is C12H18FN3O8S. The van der Waals surface area contributed by atoms with Crippen molar-refractivity contribution in [2.75, 3.05) is 18.9 Å². The van der Waals surface area contributed by atoms with Crippen LogP contribution < -0.4 is 16.6 Å². The Bertz CT molecular complexity index is 822. The molecule has 1 aliphatic heterocycles. The van der Waals surface area contributed by atoms with E-state index in [9.17, 15) is 27.5 Å². The molecule has 1 unspecified atom stereocenters. The van der Waals surface area contributed by atoms with E-state index in [1.54, 1.807) is 0 Å². The van der Waals surface area contributed by atoms with Gasteiger partial charge in [-0.3, -0.25) is 18.9 Å².